The minimum atomic E-state index is -0.556. The first-order valence-electron chi connectivity index (χ1n) is 15.4. The lowest BCUT2D eigenvalue weighted by atomic mass is 9.70. The largest absolute Gasteiger partial charge is 0.295 e. The molecule has 10 rings (SSSR count). The zero-order chi connectivity index (χ0) is 29.9. The second kappa shape index (κ2) is 8.79. The van der Waals surface area contributed by atoms with Crippen molar-refractivity contribution in [2.45, 2.75) is 18.8 Å². The maximum atomic E-state index is 10.1. The Balaban J connectivity index is 1.47. The van der Waals surface area contributed by atoms with Crippen molar-refractivity contribution in [3.63, 3.8) is 0 Å². The fraction of sp³-hybridized carbons (Fsp3) is 0.0732. The Labute approximate surface area is 264 Å². The lowest BCUT2D eigenvalue weighted by Crippen LogP contribution is -2.26. The van der Waals surface area contributed by atoms with Crippen molar-refractivity contribution in [3.05, 3.63) is 155 Å². The van der Waals surface area contributed by atoms with Crippen LogP contribution in [0.4, 0.5) is 0 Å². The summed E-state index contributed by atoms with van der Waals surface area (Å²) in [5, 5.41) is 12.7. The van der Waals surface area contributed by atoms with Gasteiger partial charge >= 0.3 is 0 Å². The molecule has 45 heavy (non-hydrogen) atoms. The molecule has 0 aliphatic heterocycles. The molecule has 0 radical (unpaired) electrons. The van der Waals surface area contributed by atoms with Crippen LogP contribution in [0, 0.1) is 11.3 Å². The van der Waals surface area contributed by atoms with Crippen LogP contribution in [0.3, 0.4) is 0 Å². The second-order valence-corrected chi connectivity index (χ2v) is 13.1. The Hall–Kier alpha value is -5.50. The summed E-state index contributed by atoms with van der Waals surface area (Å²) in [6.07, 6.45) is 0.820. The molecular formula is C41H25N3S. The molecule has 0 saturated heterocycles. The van der Waals surface area contributed by atoms with Crippen molar-refractivity contribution in [3.8, 4) is 34.0 Å². The smallest absolute Gasteiger partial charge is 0.114 e. The number of fused-ring (bicyclic) bond motifs is 15. The third kappa shape index (κ3) is 2.97. The maximum Gasteiger partial charge on any atom is 0.114 e. The molecule has 2 heterocycles. The van der Waals surface area contributed by atoms with Gasteiger partial charge in [-0.2, -0.15) is 5.26 Å². The summed E-state index contributed by atoms with van der Waals surface area (Å²) in [6, 6.07) is 46.3. The maximum absolute atomic E-state index is 10.1. The highest BCUT2D eigenvalue weighted by Crippen LogP contribution is 2.65. The van der Waals surface area contributed by atoms with E-state index in [1.165, 1.54) is 70.4 Å². The molecule has 3 nitrogen and oxygen atoms in total. The normalized spacial score (nSPS) is 15.8. The number of imidazole rings is 1. The fourth-order valence-electron chi connectivity index (χ4n) is 8.31. The summed E-state index contributed by atoms with van der Waals surface area (Å²) in [6.45, 7) is 2.19. The Kier molecular flexibility index (Phi) is 4.86. The standard InChI is InChI=1S/C41H25N3S/c1-2-37-43-33-16-8-9-17-34(33)44(37)35-22-32-38(39-28-13-5-10-18-36(28)45-40(35)39)27-12-4-7-15-30(27)41(32)29-14-6-3-11-25(29)26-20-19-24(23-42)21-31(26)41/h3-22H,2H2,1H3. The summed E-state index contributed by atoms with van der Waals surface area (Å²) in [5.74, 6) is 1.05. The van der Waals surface area contributed by atoms with Crippen LogP contribution >= 0.6 is 11.3 Å². The first kappa shape index (κ1) is 24.9. The van der Waals surface area contributed by atoms with Crippen LogP contribution in [-0.2, 0) is 11.8 Å². The molecule has 8 aromatic rings. The molecule has 2 aliphatic carbocycles. The first-order valence-corrected chi connectivity index (χ1v) is 16.3. The number of thiophene rings is 1. The number of aryl methyl sites for hydroxylation is 1. The third-order valence-corrected chi connectivity index (χ3v) is 11.2. The topological polar surface area (TPSA) is 41.6 Å². The Morgan fingerprint density at radius 2 is 1.44 bits per heavy atom. The molecular weight excluding hydrogens is 567 g/mol. The van der Waals surface area contributed by atoms with Gasteiger partial charge in [0.25, 0.3) is 0 Å². The summed E-state index contributed by atoms with van der Waals surface area (Å²) in [5.41, 5.74) is 13.4. The van der Waals surface area contributed by atoms with Crippen LogP contribution in [0.15, 0.2) is 121 Å². The number of aromatic nitrogens is 2. The van der Waals surface area contributed by atoms with E-state index in [0.717, 1.165) is 23.3 Å². The van der Waals surface area contributed by atoms with E-state index < -0.39 is 5.41 Å². The monoisotopic (exact) mass is 591 g/mol. The first-order chi connectivity index (χ1) is 22.2. The van der Waals surface area contributed by atoms with Crippen molar-refractivity contribution >= 4 is 42.5 Å². The van der Waals surface area contributed by atoms with E-state index in [4.69, 9.17) is 4.98 Å². The lowest BCUT2D eigenvalue weighted by Gasteiger charge is -2.31. The average Bonchev–Trinajstić information content (AvgIpc) is 3.82. The van der Waals surface area contributed by atoms with Gasteiger partial charge in [0, 0.05) is 21.9 Å². The highest BCUT2D eigenvalue weighted by Gasteiger charge is 2.52. The van der Waals surface area contributed by atoms with E-state index in [0.29, 0.717) is 5.56 Å². The van der Waals surface area contributed by atoms with Gasteiger partial charge < -0.3 is 0 Å². The molecule has 1 atom stereocenters. The van der Waals surface area contributed by atoms with Crippen LogP contribution < -0.4 is 0 Å². The summed E-state index contributed by atoms with van der Waals surface area (Å²) in [4.78, 5) is 5.12. The quantitative estimate of drug-likeness (QED) is 0.201. The van der Waals surface area contributed by atoms with Crippen molar-refractivity contribution in [1.82, 2.24) is 9.55 Å². The number of rotatable bonds is 2. The van der Waals surface area contributed by atoms with Gasteiger partial charge in [-0.05, 0) is 80.9 Å². The minimum absolute atomic E-state index is 0.556. The van der Waals surface area contributed by atoms with E-state index in [-0.39, 0.29) is 0 Å². The SMILES string of the molecule is CCc1nc2ccccc2n1-c1cc2c(c3c1sc1ccccc13)-c1ccccc1C21c2ccccc2-c2ccc(C#N)cc21. The highest BCUT2D eigenvalue weighted by molar-refractivity contribution is 7.26. The molecule has 0 N–H and O–H groups in total. The van der Waals surface area contributed by atoms with Crippen LogP contribution in [0.25, 0.3) is 59.1 Å². The van der Waals surface area contributed by atoms with Crippen LogP contribution in [0.5, 0.6) is 0 Å². The van der Waals surface area contributed by atoms with Gasteiger partial charge in [-0.3, -0.25) is 4.57 Å². The molecule has 6 aromatic carbocycles. The molecule has 2 aromatic heterocycles. The number of hydrogen-bond acceptors (Lipinski definition) is 3. The molecule has 2 aliphatic rings. The summed E-state index contributed by atoms with van der Waals surface area (Å²) >= 11 is 1.87. The average molecular weight is 592 g/mol. The fourth-order valence-corrected chi connectivity index (χ4v) is 9.52. The van der Waals surface area contributed by atoms with Gasteiger partial charge in [-0.1, -0.05) is 91.9 Å². The van der Waals surface area contributed by atoms with Gasteiger partial charge in [-0.15, -0.1) is 11.3 Å². The predicted octanol–water partition coefficient (Wildman–Crippen LogP) is 10.2. The van der Waals surface area contributed by atoms with Gasteiger partial charge in [0.15, 0.2) is 0 Å². The zero-order valence-electron chi connectivity index (χ0n) is 24.5. The van der Waals surface area contributed by atoms with Gasteiger partial charge in [0.1, 0.15) is 5.82 Å². The van der Waals surface area contributed by atoms with E-state index >= 15 is 0 Å². The third-order valence-electron chi connectivity index (χ3n) is 9.99. The number of para-hydroxylation sites is 2. The minimum Gasteiger partial charge on any atom is -0.295 e. The number of nitrogens with zero attached hydrogens (tertiary/aromatic N) is 3. The zero-order valence-corrected chi connectivity index (χ0v) is 25.3. The Morgan fingerprint density at radius 3 is 2.29 bits per heavy atom. The van der Waals surface area contributed by atoms with Gasteiger partial charge in [-0.25, -0.2) is 4.98 Å². The lowest BCUT2D eigenvalue weighted by molar-refractivity contribution is 0.791. The molecule has 0 amide bonds. The molecule has 4 heteroatoms. The second-order valence-electron chi connectivity index (χ2n) is 12.0. The molecule has 0 saturated carbocycles. The van der Waals surface area contributed by atoms with Crippen LogP contribution in [-0.4, -0.2) is 9.55 Å². The van der Waals surface area contributed by atoms with Crippen molar-refractivity contribution in [2.75, 3.05) is 0 Å². The summed E-state index contributed by atoms with van der Waals surface area (Å²) < 4.78 is 4.95. The number of hydrogen-bond donors (Lipinski definition) is 0. The molecule has 1 spiro atoms. The molecule has 0 fully saturated rings. The number of benzene rings is 6. The van der Waals surface area contributed by atoms with Crippen LogP contribution in [0.1, 0.15) is 40.6 Å². The highest BCUT2D eigenvalue weighted by atomic mass is 32.1. The van der Waals surface area contributed by atoms with E-state index in [1.807, 2.05) is 17.4 Å². The summed E-state index contributed by atoms with van der Waals surface area (Å²) in [7, 11) is 0. The van der Waals surface area contributed by atoms with Crippen molar-refractivity contribution in [1.29, 1.82) is 5.26 Å². The van der Waals surface area contributed by atoms with E-state index in [9.17, 15) is 5.26 Å². The van der Waals surface area contributed by atoms with E-state index in [1.54, 1.807) is 0 Å². The van der Waals surface area contributed by atoms with Gasteiger partial charge in [0.2, 0.25) is 0 Å². The molecule has 210 valence electrons. The van der Waals surface area contributed by atoms with Crippen molar-refractivity contribution in [2.24, 2.45) is 0 Å². The van der Waals surface area contributed by atoms with Gasteiger partial charge in [0.05, 0.1) is 38.5 Å². The Morgan fingerprint density at radius 1 is 0.733 bits per heavy atom. The van der Waals surface area contributed by atoms with Crippen molar-refractivity contribution < 1.29 is 0 Å². The molecule has 0 bridgehead atoms. The van der Waals surface area contributed by atoms with E-state index in [2.05, 4.69) is 133 Å². The number of nitriles is 1. The molecule has 1 unspecified atom stereocenters. The Bertz CT molecular complexity index is 2610. The predicted molar refractivity (Wildman–Crippen MR) is 184 cm³/mol. The van der Waals surface area contributed by atoms with Crippen LogP contribution in [0.2, 0.25) is 0 Å².